The number of carbonyl (C=O) groups is 2. The monoisotopic (exact) mass is 427 g/mol. The van der Waals surface area contributed by atoms with E-state index >= 15 is 0 Å². The quantitative estimate of drug-likeness (QED) is 0.608. The standard InChI is InChI=1S/C22H22FN3O5/c23-17-4-1-15(2-5-17)14-30-22(29)26-11-9-25(10-12-26)8-7-19(27)16-3-6-18-20(13-16)31-21(28)24-18/h1-6,13H,7-12,14H2,(H,24,28). The maximum Gasteiger partial charge on any atom is 0.417 e. The molecule has 0 unspecified atom stereocenters. The number of oxazole rings is 1. The second-order valence-corrected chi connectivity index (χ2v) is 7.41. The lowest BCUT2D eigenvalue weighted by atomic mass is 10.1. The number of nitrogens with zero attached hydrogens (tertiary/aromatic N) is 2. The van der Waals surface area contributed by atoms with Gasteiger partial charge in [-0.1, -0.05) is 12.1 Å². The molecule has 0 atom stereocenters. The first kappa shape index (κ1) is 20.8. The van der Waals surface area contributed by atoms with E-state index in [1.165, 1.54) is 12.1 Å². The number of benzene rings is 2. The van der Waals surface area contributed by atoms with E-state index in [4.69, 9.17) is 9.15 Å². The first-order valence-electron chi connectivity index (χ1n) is 10.0. The van der Waals surface area contributed by atoms with Gasteiger partial charge in [-0.2, -0.15) is 0 Å². The van der Waals surface area contributed by atoms with E-state index in [1.54, 1.807) is 35.2 Å². The molecule has 2 aromatic carbocycles. The van der Waals surface area contributed by atoms with Crippen molar-refractivity contribution in [1.29, 1.82) is 0 Å². The summed E-state index contributed by atoms with van der Waals surface area (Å²) in [5.74, 6) is -0.915. The Hall–Kier alpha value is -3.46. The van der Waals surface area contributed by atoms with Crippen molar-refractivity contribution in [1.82, 2.24) is 14.8 Å². The van der Waals surface area contributed by atoms with Crippen LogP contribution in [0.5, 0.6) is 0 Å². The van der Waals surface area contributed by atoms with Crippen LogP contribution >= 0.6 is 0 Å². The summed E-state index contributed by atoms with van der Waals surface area (Å²) < 4.78 is 23.2. The van der Waals surface area contributed by atoms with E-state index in [0.717, 1.165) is 5.56 Å². The van der Waals surface area contributed by atoms with Crippen LogP contribution < -0.4 is 5.76 Å². The van der Waals surface area contributed by atoms with Crippen molar-refractivity contribution >= 4 is 23.0 Å². The fourth-order valence-corrected chi connectivity index (χ4v) is 3.49. The third-order valence-electron chi connectivity index (χ3n) is 5.30. The third kappa shape index (κ3) is 5.18. The highest BCUT2D eigenvalue weighted by Gasteiger charge is 2.22. The van der Waals surface area contributed by atoms with Crippen molar-refractivity contribution in [2.24, 2.45) is 0 Å². The van der Waals surface area contributed by atoms with Crippen molar-refractivity contribution < 1.29 is 23.1 Å². The molecule has 1 aliphatic rings. The first-order chi connectivity index (χ1) is 15.0. The summed E-state index contributed by atoms with van der Waals surface area (Å²) >= 11 is 0. The van der Waals surface area contributed by atoms with Crippen LogP contribution in [-0.4, -0.2) is 59.4 Å². The Kier molecular flexibility index (Phi) is 6.13. The van der Waals surface area contributed by atoms with E-state index in [2.05, 4.69) is 9.88 Å². The molecule has 1 fully saturated rings. The number of piperazine rings is 1. The Morgan fingerprint density at radius 2 is 1.81 bits per heavy atom. The minimum Gasteiger partial charge on any atom is -0.445 e. The number of halogens is 1. The summed E-state index contributed by atoms with van der Waals surface area (Å²) in [6.45, 7) is 2.98. The number of fused-ring (bicyclic) bond motifs is 1. The normalized spacial score (nSPS) is 14.7. The highest BCUT2D eigenvalue weighted by atomic mass is 19.1. The van der Waals surface area contributed by atoms with Gasteiger partial charge in [0.2, 0.25) is 0 Å². The number of rotatable bonds is 6. The first-order valence-corrected chi connectivity index (χ1v) is 10.0. The number of H-pyrrole nitrogens is 1. The number of ether oxygens (including phenoxy) is 1. The molecule has 3 aromatic rings. The molecule has 1 aromatic heterocycles. The topological polar surface area (TPSA) is 95.9 Å². The lowest BCUT2D eigenvalue weighted by molar-refractivity contribution is 0.0696. The van der Waals surface area contributed by atoms with Crippen molar-refractivity contribution in [2.45, 2.75) is 13.0 Å². The average molecular weight is 427 g/mol. The molecule has 162 valence electrons. The second kappa shape index (κ2) is 9.13. The van der Waals surface area contributed by atoms with E-state index < -0.39 is 11.8 Å². The minimum absolute atomic E-state index is 0.0353. The van der Waals surface area contributed by atoms with Gasteiger partial charge in [0, 0.05) is 44.7 Å². The minimum atomic E-state index is -0.548. The number of aromatic nitrogens is 1. The van der Waals surface area contributed by atoms with Crippen molar-refractivity contribution in [2.75, 3.05) is 32.7 Å². The van der Waals surface area contributed by atoms with E-state index in [9.17, 15) is 18.8 Å². The van der Waals surface area contributed by atoms with Gasteiger partial charge in [-0.3, -0.25) is 14.7 Å². The van der Waals surface area contributed by atoms with Crippen LogP contribution in [0.1, 0.15) is 22.3 Å². The number of amides is 1. The van der Waals surface area contributed by atoms with Gasteiger partial charge in [0.1, 0.15) is 12.4 Å². The number of hydrogen-bond acceptors (Lipinski definition) is 6. The van der Waals surface area contributed by atoms with Crippen LogP contribution in [0.4, 0.5) is 9.18 Å². The van der Waals surface area contributed by atoms with Gasteiger partial charge in [-0.15, -0.1) is 0 Å². The molecule has 31 heavy (non-hydrogen) atoms. The van der Waals surface area contributed by atoms with Crippen LogP contribution in [0.15, 0.2) is 51.7 Å². The van der Waals surface area contributed by atoms with Crippen LogP contribution in [0.3, 0.4) is 0 Å². The average Bonchev–Trinajstić information content (AvgIpc) is 3.16. The number of nitrogens with one attached hydrogen (secondary N) is 1. The Morgan fingerprint density at radius 1 is 1.06 bits per heavy atom. The van der Waals surface area contributed by atoms with Crippen LogP contribution in [0.25, 0.3) is 11.1 Å². The predicted octanol–water partition coefficient (Wildman–Crippen LogP) is 2.79. The molecule has 1 N–H and O–H groups in total. The van der Waals surface area contributed by atoms with Gasteiger partial charge in [0.25, 0.3) is 0 Å². The highest BCUT2D eigenvalue weighted by molar-refractivity contribution is 5.98. The molecule has 0 spiro atoms. The third-order valence-corrected chi connectivity index (χ3v) is 5.30. The molecule has 9 heteroatoms. The van der Waals surface area contributed by atoms with Gasteiger partial charge < -0.3 is 14.1 Å². The molecule has 1 amide bonds. The number of hydrogen-bond donors (Lipinski definition) is 1. The highest BCUT2D eigenvalue weighted by Crippen LogP contribution is 2.15. The van der Waals surface area contributed by atoms with Crippen LogP contribution in [0, 0.1) is 5.82 Å². The van der Waals surface area contributed by atoms with Crippen molar-refractivity contribution in [3.8, 4) is 0 Å². The maximum atomic E-state index is 12.9. The van der Waals surface area contributed by atoms with Gasteiger partial charge >= 0.3 is 11.8 Å². The smallest absolute Gasteiger partial charge is 0.417 e. The molecule has 0 bridgehead atoms. The zero-order chi connectivity index (χ0) is 21.8. The molecule has 1 saturated heterocycles. The molecule has 0 saturated carbocycles. The van der Waals surface area contributed by atoms with Crippen LogP contribution in [0.2, 0.25) is 0 Å². The van der Waals surface area contributed by atoms with Gasteiger partial charge in [0.15, 0.2) is 11.4 Å². The molecular formula is C22H22FN3O5. The van der Waals surface area contributed by atoms with Gasteiger partial charge in [0.05, 0.1) is 5.52 Å². The largest absolute Gasteiger partial charge is 0.445 e. The second-order valence-electron chi connectivity index (χ2n) is 7.41. The lowest BCUT2D eigenvalue weighted by Crippen LogP contribution is -2.49. The Balaban J connectivity index is 1.21. The van der Waals surface area contributed by atoms with Gasteiger partial charge in [-0.25, -0.2) is 14.0 Å². The summed E-state index contributed by atoms with van der Waals surface area (Å²) in [5.41, 5.74) is 2.15. The number of aromatic amines is 1. The van der Waals surface area contributed by atoms with Crippen molar-refractivity contribution in [3.05, 3.63) is 70.0 Å². The summed E-state index contributed by atoms with van der Waals surface area (Å²) in [6, 6.07) is 10.7. The Morgan fingerprint density at radius 3 is 2.55 bits per heavy atom. The van der Waals surface area contributed by atoms with Gasteiger partial charge in [-0.05, 0) is 35.9 Å². The molecule has 0 aliphatic carbocycles. The summed E-state index contributed by atoms with van der Waals surface area (Å²) in [4.78, 5) is 42.2. The van der Waals surface area contributed by atoms with E-state index in [0.29, 0.717) is 55.8 Å². The lowest BCUT2D eigenvalue weighted by Gasteiger charge is -2.33. The molecule has 0 radical (unpaired) electrons. The number of carbonyl (C=O) groups excluding carboxylic acids is 2. The zero-order valence-electron chi connectivity index (χ0n) is 16.8. The Bertz CT molecular complexity index is 1130. The van der Waals surface area contributed by atoms with E-state index in [-0.39, 0.29) is 18.2 Å². The molecule has 1 aliphatic heterocycles. The van der Waals surface area contributed by atoms with Crippen molar-refractivity contribution in [3.63, 3.8) is 0 Å². The molecule has 8 nitrogen and oxygen atoms in total. The fraction of sp³-hybridized carbons (Fsp3) is 0.318. The fourth-order valence-electron chi connectivity index (χ4n) is 3.49. The molecule has 4 rings (SSSR count). The molecule has 2 heterocycles. The summed E-state index contributed by atoms with van der Waals surface area (Å²) in [5, 5.41) is 0. The molecular weight excluding hydrogens is 405 g/mol. The zero-order valence-corrected chi connectivity index (χ0v) is 16.8. The summed E-state index contributed by atoms with van der Waals surface area (Å²) in [6.07, 6.45) is -0.0730. The maximum absolute atomic E-state index is 12.9. The Labute approximate surface area is 177 Å². The number of ketones is 1. The predicted molar refractivity (Wildman–Crippen MR) is 110 cm³/mol. The summed E-state index contributed by atoms with van der Waals surface area (Å²) in [7, 11) is 0. The number of Topliss-reactive ketones (excluding diaryl/α,β-unsaturated/α-hetero) is 1. The SMILES string of the molecule is O=C(CCN1CCN(C(=O)OCc2ccc(F)cc2)CC1)c1ccc2[nH]c(=O)oc2c1. The van der Waals surface area contributed by atoms with Crippen LogP contribution in [-0.2, 0) is 11.3 Å². The van der Waals surface area contributed by atoms with E-state index in [1.807, 2.05) is 0 Å².